The first-order chi connectivity index (χ1) is 9.60. The van der Waals surface area contributed by atoms with E-state index in [1.165, 1.54) is 11.1 Å². The zero-order valence-corrected chi connectivity index (χ0v) is 12.8. The normalized spacial score (nSPS) is 19.2. The van der Waals surface area contributed by atoms with Gasteiger partial charge in [-0.1, -0.05) is 44.5 Å². The number of carbonyl (C=O) groups is 1. The van der Waals surface area contributed by atoms with Gasteiger partial charge in [0, 0.05) is 26.4 Å². The zero-order chi connectivity index (χ0) is 14.5. The Labute approximate surface area is 121 Å². The number of ether oxygens (including phenoxy) is 1. The van der Waals surface area contributed by atoms with Crippen LogP contribution in [0.3, 0.4) is 0 Å². The number of amides is 1. The minimum atomic E-state index is 0.121. The minimum absolute atomic E-state index is 0.121. The van der Waals surface area contributed by atoms with E-state index < -0.39 is 0 Å². The zero-order valence-electron chi connectivity index (χ0n) is 12.8. The maximum Gasteiger partial charge on any atom is 0.222 e. The number of rotatable bonds is 5. The predicted octanol–water partition coefficient (Wildman–Crippen LogP) is 3.02. The van der Waals surface area contributed by atoms with Crippen LogP contribution in [0.1, 0.15) is 37.8 Å². The number of hydrogen-bond acceptors (Lipinski definition) is 2. The number of fused-ring (bicyclic) bond motifs is 1. The van der Waals surface area contributed by atoms with E-state index in [1.807, 2.05) is 18.0 Å². The molecule has 0 fully saturated rings. The predicted molar refractivity (Wildman–Crippen MR) is 80.4 cm³/mol. The molecule has 0 radical (unpaired) electrons. The Morgan fingerprint density at radius 2 is 2.10 bits per heavy atom. The third-order valence-electron chi connectivity index (χ3n) is 4.16. The van der Waals surface area contributed by atoms with Crippen LogP contribution in [0.4, 0.5) is 0 Å². The van der Waals surface area contributed by atoms with Crippen LogP contribution in [0.5, 0.6) is 0 Å². The van der Waals surface area contributed by atoms with Crippen LogP contribution in [0, 0.1) is 5.92 Å². The van der Waals surface area contributed by atoms with Crippen molar-refractivity contribution in [3.05, 3.63) is 35.4 Å². The number of likely N-dealkylation sites (N-methyl/N-ethyl adjacent to an activating group) is 1. The van der Waals surface area contributed by atoms with Crippen molar-refractivity contribution in [1.82, 2.24) is 4.90 Å². The molecule has 0 spiro atoms. The van der Waals surface area contributed by atoms with Crippen molar-refractivity contribution in [1.29, 1.82) is 0 Å². The molecule has 3 nitrogen and oxygen atoms in total. The van der Waals surface area contributed by atoms with Gasteiger partial charge >= 0.3 is 0 Å². The molecule has 2 rings (SSSR count). The molecule has 1 amide bonds. The van der Waals surface area contributed by atoms with Crippen molar-refractivity contribution in [2.75, 3.05) is 13.6 Å². The number of benzene rings is 1. The average molecular weight is 275 g/mol. The molecule has 0 aromatic heterocycles. The Balaban J connectivity index is 1.87. The highest BCUT2D eigenvalue weighted by Gasteiger charge is 2.22. The molecule has 1 aromatic carbocycles. The Hall–Kier alpha value is -1.35. The Morgan fingerprint density at radius 1 is 1.40 bits per heavy atom. The molecule has 1 heterocycles. The second kappa shape index (κ2) is 6.89. The van der Waals surface area contributed by atoms with E-state index in [1.54, 1.807) is 0 Å². The van der Waals surface area contributed by atoms with Crippen LogP contribution >= 0.6 is 0 Å². The highest BCUT2D eigenvalue weighted by Crippen LogP contribution is 2.21. The van der Waals surface area contributed by atoms with E-state index in [4.69, 9.17) is 4.74 Å². The molecule has 1 aromatic rings. The van der Waals surface area contributed by atoms with Crippen molar-refractivity contribution in [2.45, 2.75) is 45.8 Å². The number of carbonyl (C=O) groups excluding carboxylic acids is 1. The van der Waals surface area contributed by atoms with E-state index in [0.29, 0.717) is 25.5 Å². The first-order valence-electron chi connectivity index (χ1n) is 7.52. The first-order valence-corrected chi connectivity index (χ1v) is 7.52. The van der Waals surface area contributed by atoms with Gasteiger partial charge in [0.25, 0.3) is 0 Å². The fourth-order valence-corrected chi connectivity index (χ4v) is 2.53. The van der Waals surface area contributed by atoms with Crippen molar-refractivity contribution in [3.63, 3.8) is 0 Å². The molecule has 0 saturated carbocycles. The summed E-state index contributed by atoms with van der Waals surface area (Å²) in [5.41, 5.74) is 2.63. The van der Waals surface area contributed by atoms with Crippen molar-refractivity contribution in [3.8, 4) is 0 Å². The van der Waals surface area contributed by atoms with Crippen LogP contribution < -0.4 is 0 Å². The summed E-state index contributed by atoms with van der Waals surface area (Å²) in [6, 6.07) is 8.39. The fourth-order valence-electron chi connectivity index (χ4n) is 2.53. The molecule has 2 atom stereocenters. The fraction of sp³-hybridized carbons (Fsp3) is 0.588. The third kappa shape index (κ3) is 3.83. The highest BCUT2D eigenvalue weighted by atomic mass is 16.5. The molecule has 0 bridgehead atoms. The Kier molecular flexibility index (Phi) is 5.18. The number of hydrogen-bond donors (Lipinski definition) is 0. The Morgan fingerprint density at radius 3 is 2.80 bits per heavy atom. The van der Waals surface area contributed by atoms with Gasteiger partial charge in [-0.05, 0) is 17.0 Å². The van der Waals surface area contributed by atoms with E-state index in [9.17, 15) is 4.79 Å². The minimum Gasteiger partial charge on any atom is -0.371 e. The molecule has 3 heteroatoms. The van der Waals surface area contributed by atoms with Gasteiger partial charge in [-0.3, -0.25) is 4.79 Å². The topological polar surface area (TPSA) is 29.5 Å². The van der Waals surface area contributed by atoms with Gasteiger partial charge in [-0.25, -0.2) is 0 Å². The highest BCUT2D eigenvalue weighted by molar-refractivity contribution is 5.76. The average Bonchev–Trinajstić information content (AvgIpc) is 2.46. The lowest BCUT2D eigenvalue weighted by atomic mass is 9.98. The molecule has 2 unspecified atom stereocenters. The van der Waals surface area contributed by atoms with Crippen LogP contribution in [0.25, 0.3) is 0 Å². The second-order valence-corrected chi connectivity index (χ2v) is 5.90. The molecule has 1 aliphatic rings. The summed E-state index contributed by atoms with van der Waals surface area (Å²) in [5.74, 6) is 0.680. The summed E-state index contributed by atoms with van der Waals surface area (Å²) < 4.78 is 5.86. The van der Waals surface area contributed by atoms with Crippen molar-refractivity contribution < 1.29 is 9.53 Å². The van der Waals surface area contributed by atoms with E-state index in [2.05, 4.69) is 32.0 Å². The second-order valence-electron chi connectivity index (χ2n) is 5.90. The van der Waals surface area contributed by atoms with Crippen molar-refractivity contribution >= 4 is 5.91 Å². The molecular weight excluding hydrogens is 250 g/mol. The van der Waals surface area contributed by atoms with Crippen LogP contribution in [-0.2, 0) is 22.6 Å². The maximum atomic E-state index is 12.1. The molecule has 0 N–H and O–H groups in total. The largest absolute Gasteiger partial charge is 0.371 e. The lowest BCUT2D eigenvalue weighted by molar-refractivity contribution is -0.133. The summed E-state index contributed by atoms with van der Waals surface area (Å²) in [6.07, 6.45) is 2.70. The molecular formula is C17H25NO2. The molecule has 20 heavy (non-hydrogen) atoms. The van der Waals surface area contributed by atoms with Gasteiger partial charge in [-0.15, -0.1) is 0 Å². The lowest BCUT2D eigenvalue weighted by Crippen LogP contribution is -2.38. The first kappa shape index (κ1) is 15.0. The SMILES string of the molecule is CCC(C)CC(=O)N(C)CC1Cc2ccccc2CO1. The van der Waals surface area contributed by atoms with Crippen LogP contribution in [0.15, 0.2) is 24.3 Å². The lowest BCUT2D eigenvalue weighted by Gasteiger charge is -2.29. The Bertz CT molecular complexity index is 458. The smallest absolute Gasteiger partial charge is 0.222 e. The summed E-state index contributed by atoms with van der Waals surface area (Å²) in [6.45, 7) is 5.59. The van der Waals surface area contributed by atoms with Gasteiger partial charge in [-0.2, -0.15) is 0 Å². The maximum absolute atomic E-state index is 12.1. The van der Waals surface area contributed by atoms with Gasteiger partial charge in [0.15, 0.2) is 0 Å². The monoisotopic (exact) mass is 275 g/mol. The quantitative estimate of drug-likeness (QED) is 0.826. The molecule has 1 aliphatic heterocycles. The third-order valence-corrected chi connectivity index (χ3v) is 4.16. The summed E-state index contributed by atoms with van der Waals surface area (Å²) in [7, 11) is 1.88. The summed E-state index contributed by atoms with van der Waals surface area (Å²) >= 11 is 0. The van der Waals surface area contributed by atoms with Gasteiger partial charge < -0.3 is 9.64 Å². The van der Waals surface area contributed by atoms with Crippen molar-refractivity contribution in [2.24, 2.45) is 5.92 Å². The summed E-state index contributed by atoms with van der Waals surface area (Å²) in [5, 5.41) is 0. The molecule has 110 valence electrons. The van der Waals surface area contributed by atoms with E-state index in [0.717, 1.165) is 12.8 Å². The van der Waals surface area contributed by atoms with Gasteiger partial charge in [0.2, 0.25) is 5.91 Å². The van der Waals surface area contributed by atoms with Gasteiger partial charge in [0.05, 0.1) is 12.7 Å². The number of nitrogens with zero attached hydrogens (tertiary/aromatic N) is 1. The summed E-state index contributed by atoms with van der Waals surface area (Å²) in [4.78, 5) is 13.9. The molecule has 0 aliphatic carbocycles. The van der Waals surface area contributed by atoms with Gasteiger partial charge in [0.1, 0.15) is 0 Å². The standard InChI is InChI=1S/C17H25NO2/c1-4-13(2)9-17(19)18(3)11-16-10-14-7-5-6-8-15(14)12-20-16/h5-8,13,16H,4,9-12H2,1-3H3. The van der Waals surface area contributed by atoms with E-state index >= 15 is 0 Å². The van der Waals surface area contributed by atoms with Crippen LogP contribution in [0.2, 0.25) is 0 Å². The van der Waals surface area contributed by atoms with E-state index in [-0.39, 0.29) is 12.0 Å². The van der Waals surface area contributed by atoms with Crippen LogP contribution in [-0.4, -0.2) is 30.5 Å². The molecule has 0 saturated heterocycles.